The summed E-state index contributed by atoms with van der Waals surface area (Å²) in [6.45, 7) is 0.339. The molecular weight excluding hydrogens is 312 g/mol. The van der Waals surface area contributed by atoms with Gasteiger partial charge in [-0.05, 0) is 37.2 Å². The maximum Gasteiger partial charge on any atom is 0.220 e. The summed E-state index contributed by atoms with van der Waals surface area (Å²) in [5.74, 6) is 0.587. The van der Waals surface area contributed by atoms with Crippen molar-refractivity contribution in [2.75, 3.05) is 6.54 Å². The second-order valence-corrected chi connectivity index (χ2v) is 6.83. The first-order chi connectivity index (χ1) is 10.7. The van der Waals surface area contributed by atoms with Crippen molar-refractivity contribution in [1.29, 1.82) is 0 Å². The lowest BCUT2D eigenvalue weighted by atomic mass is 9.89. The van der Waals surface area contributed by atoms with Gasteiger partial charge in [0.1, 0.15) is 0 Å². The molecule has 2 bridgehead atoms. The molecule has 2 heterocycles. The van der Waals surface area contributed by atoms with Crippen LogP contribution < -0.4 is 10.6 Å². The van der Waals surface area contributed by atoms with Crippen LogP contribution in [-0.4, -0.2) is 35.7 Å². The molecule has 1 aromatic rings. The third-order valence-corrected chi connectivity index (χ3v) is 4.89. The number of rotatable bonds is 6. The van der Waals surface area contributed by atoms with Gasteiger partial charge in [-0.3, -0.25) is 4.79 Å². The molecule has 23 heavy (non-hydrogen) atoms. The number of aliphatic hydroxyl groups is 1. The van der Waals surface area contributed by atoms with E-state index in [2.05, 4.69) is 10.6 Å². The molecule has 0 aliphatic carbocycles. The maximum atomic E-state index is 12.1. The quantitative estimate of drug-likeness (QED) is 0.744. The molecule has 2 aliphatic rings. The average Bonchev–Trinajstić information content (AvgIpc) is 2.85. The molecule has 128 valence electrons. The van der Waals surface area contributed by atoms with E-state index >= 15 is 0 Å². The third-order valence-electron chi connectivity index (χ3n) is 4.89. The number of benzene rings is 1. The largest absolute Gasteiger partial charge is 0.391 e. The molecule has 0 saturated carbocycles. The number of hydrogen-bond donors (Lipinski definition) is 3. The first-order valence-corrected chi connectivity index (χ1v) is 8.44. The molecule has 0 radical (unpaired) electrons. The van der Waals surface area contributed by atoms with Crippen molar-refractivity contribution in [3.8, 4) is 0 Å². The van der Waals surface area contributed by atoms with Crippen LogP contribution in [0.25, 0.3) is 0 Å². The zero-order valence-corrected chi connectivity index (χ0v) is 14.2. The Morgan fingerprint density at radius 1 is 1.22 bits per heavy atom. The van der Waals surface area contributed by atoms with Gasteiger partial charge in [0, 0.05) is 31.5 Å². The molecule has 2 aliphatic heterocycles. The van der Waals surface area contributed by atoms with Crippen LogP contribution in [0, 0.1) is 5.92 Å². The highest BCUT2D eigenvalue weighted by atomic mass is 35.5. The van der Waals surface area contributed by atoms with E-state index in [9.17, 15) is 9.90 Å². The topological polar surface area (TPSA) is 61.4 Å². The normalized spacial score (nSPS) is 27.1. The standard InChI is InChI=1S/C18H26N2O2.ClH/c21-17(10-13-4-2-1-3-5-13)12-19-18(22)11-14-8-15-6-7-16(9-14)20-15;/h1-5,14-17,20-21H,6-12H2,(H,19,22);1H. The Bertz CT molecular complexity index is 485. The van der Waals surface area contributed by atoms with Gasteiger partial charge in [0.2, 0.25) is 5.91 Å². The number of carbonyl (C=O) groups is 1. The third kappa shape index (κ3) is 5.48. The molecule has 2 saturated heterocycles. The first-order valence-electron chi connectivity index (χ1n) is 8.44. The van der Waals surface area contributed by atoms with Crippen LogP contribution in [-0.2, 0) is 11.2 Å². The van der Waals surface area contributed by atoms with Gasteiger partial charge < -0.3 is 15.7 Å². The minimum atomic E-state index is -0.518. The summed E-state index contributed by atoms with van der Waals surface area (Å²) in [4.78, 5) is 12.1. The van der Waals surface area contributed by atoms with E-state index in [0.29, 0.717) is 37.4 Å². The maximum absolute atomic E-state index is 12.1. The number of fused-ring (bicyclic) bond motifs is 2. The Labute approximate surface area is 144 Å². The van der Waals surface area contributed by atoms with Crippen molar-refractivity contribution >= 4 is 18.3 Å². The number of hydrogen-bond acceptors (Lipinski definition) is 3. The predicted octanol–water partition coefficient (Wildman–Crippen LogP) is 2.05. The van der Waals surface area contributed by atoms with Gasteiger partial charge in [-0.15, -0.1) is 12.4 Å². The van der Waals surface area contributed by atoms with Crippen molar-refractivity contribution in [3.63, 3.8) is 0 Å². The molecule has 0 aromatic heterocycles. The second-order valence-electron chi connectivity index (χ2n) is 6.83. The van der Waals surface area contributed by atoms with Crippen molar-refractivity contribution in [3.05, 3.63) is 35.9 Å². The Balaban J connectivity index is 0.00000192. The Morgan fingerprint density at radius 3 is 2.52 bits per heavy atom. The van der Waals surface area contributed by atoms with E-state index in [0.717, 1.165) is 18.4 Å². The lowest BCUT2D eigenvalue weighted by Gasteiger charge is -2.28. The van der Waals surface area contributed by atoms with E-state index in [4.69, 9.17) is 0 Å². The van der Waals surface area contributed by atoms with Crippen LogP contribution in [0.3, 0.4) is 0 Å². The van der Waals surface area contributed by atoms with Crippen LogP contribution in [0.15, 0.2) is 30.3 Å². The summed E-state index contributed by atoms with van der Waals surface area (Å²) in [5.41, 5.74) is 1.10. The summed E-state index contributed by atoms with van der Waals surface area (Å²) in [6, 6.07) is 11.1. The van der Waals surface area contributed by atoms with Crippen molar-refractivity contribution in [1.82, 2.24) is 10.6 Å². The number of halogens is 1. The number of amides is 1. The second kappa shape index (κ2) is 8.67. The molecule has 5 heteroatoms. The predicted molar refractivity (Wildman–Crippen MR) is 93.7 cm³/mol. The molecular formula is C18H27ClN2O2. The summed E-state index contributed by atoms with van der Waals surface area (Å²) in [5, 5.41) is 16.5. The molecule has 3 unspecified atom stereocenters. The zero-order chi connectivity index (χ0) is 15.4. The summed E-state index contributed by atoms with van der Waals surface area (Å²) < 4.78 is 0. The molecule has 3 rings (SSSR count). The SMILES string of the molecule is Cl.O=C(CC1CC2CCC(C1)N2)NCC(O)Cc1ccccc1. The van der Waals surface area contributed by atoms with Crippen molar-refractivity contribution in [2.45, 2.75) is 56.7 Å². The zero-order valence-electron chi connectivity index (χ0n) is 13.4. The highest BCUT2D eigenvalue weighted by Gasteiger charge is 2.34. The fourth-order valence-corrected chi connectivity index (χ4v) is 3.87. The van der Waals surface area contributed by atoms with Gasteiger partial charge >= 0.3 is 0 Å². The van der Waals surface area contributed by atoms with E-state index < -0.39 is 6.10 Å². The number of carbonyl (C=O) groups excluding carboxylic acids is 1. The van der Waals surface area contributed by atoms with Crippen LogP contribution in [0.2, 0.25) is 0 Å². The Morgan fingerprint density at radius 2 is 1.87 bits per heavy atom. The minimum absolute atomic E-state index is 0. The van der Waals surface area contributed by atoms with Crippen molar-refractivity contribution in [2.24, 2.45) is 5.92 Å². The van der Waals surface area contributed by atoms with Gasteiger partial charge in [0.25, 0.3) is 0 Å². The molecule has 2 fully saturated rings. The molecule has 1 aromatic carbocycles. The van der Waals surface area contributed by atoms with Gasteiger partial charge in [0.15, 0.2) is 0 Å². The molecule has 1 amide bonds. The summed E-state index contributed by atoms with van der Waals surface area (Å²) in [7, 11) is 0. The van der Waals surface area contributed by atoms with E-state index in [1.165, 1.54) is 12.8 Å². The van der Waals surface area contributed by atoms with Gasteiger partial charge in [-0.25, -0.2) is 0 Å². The molecule has 0 spiro atoms. The number of nitrogens with one attached hydrogen (secondary N) is 2. The lowest BCUT2D eigenvalue weighted by Crippen LogP contribution is -2.40. The van der Waals surface area contributed by atoms with Crippen LogP contribution in [0.5, 0.6) is 0 Å². The minimum Gasteiger partial charge on any atom is -0.391 e. The Kier molecular flexibility index (Phi) is 6.88. The highest BCUT2D eigenvalue weighted by molar-refractivity contribution is 5.85. The number of aliphatic hydroxyl groups excluding tert-OH is 1. The van der Waals surface area contributed by atoms with E-state index in [1.54, 1.807) is 0 Å². The molecule has 4 nitrogen and oxygen atoms in total. The van der Waals surface area contributed by atoms with E-state index in [-0.39, 0.29) is 18.3 Å². The van der Waals surface area contributed by atoms with Gasteiger partial charge in [-0.1, -0.05) is 30.3 Å². The first kappa shape index (κ1) is 18.2. The average molecular weight is 339 g/mol. The molecule has 3 atom stereocenters. The summed E-state index contributed by atoms with van der Waals surface area (Å²) >= 11 is 0. The van der Waals surface area contributed by atoms with Crippen LogP contribution in [0.4, 0.5) is 0 Å². The smallest absolute Gasteiger partial charge is 0.220 e. The Hall–Kier alpha value is -1.10. The number of piperidine rings is 1. The van der Waals surface area contributed by atoms with Gasteiger partial charge in [-0.2, -0.15) is 0 Å². The molecule has 3 N–H and O–H groups in total. The fourth-order valence-electron chi connectivity index (χ4n) is 3.87. The summed E-state index contributed by atoms with van der Waals surface area (Å²) in [6.07, 6.45) is 5.44. The monoisotopic (exact) mass is 338 g/mol. The van der Waals surface area contributed by atoms with Gasteiger partial charge in [0.05, 0.1) is 6.10 Å². The fraction of sp³-hybridized carbons (Fsp3) is 0.611. The van der Waals surface area contributed by atoms with Crippen molar-refractivity contribution < 1.29 is 9.90 Å². The highest BCUT2D eigenvalue weighted by Crippen LogP contribution is 2.32. The lowest BCUT2D eigenvalue weighted by molar-refractivity contribution is -0.122. The van der Waals surface area contributed by atoms with E-state index in [1.807, 2.05) is 30.3 Å². The van der Waals surface area contributed by atoms with Crippen LogP contribution >= 0.6 is 12.4 Å². The van der Waals surface area contributed by atoms with Crippen LogP contribution in [0.1, 0.15) is 37.7 Å².